The monoisotopic (exact) mass is 417 g/mol. The second kappa shape index (κ2) is 9.64. The Hall–Kier alpha value is -2.75. The highest BCUT2D eigenvalue weighted by Crippen LogP contribution is 2.17. The maximum absolute atomic E-state index is 12.6. The van der Waals surface area contributed by atoms with E-state index >= 15 is 0 Å². The highest BCUT2D eigenvalue weighted by Gasteiger charge is 2.26. The van der Waals surface area contributed by atoms with E-state index in [0.717, 1.165) is 5.56 Å². The highest BCUT2D eigenvalue weighted by molar-refractivity contribution is 7.89. The largest absolute Gasteiger partial charge is 0.379 e. The summed E-state index contributed by atoms with van der Waals surface area (Å²) in [5, 5.41) is 5.07. The molecule has 1 aliphatic heterocycles. The molecular weight excluding hydrogens is 394 g/mol. The molecule has 0 aromatic heterocycles. The molecule has 8 nitrogen and oxygen atoms in total. The molecule has 1 heterocycles. The van der Waals surface area contributed by atoms with E-state index in [-0.39, 0.29) is 11.4 Å². The standard InChI is InChI=1S/C20H23N3O5S/c24-19(20(25)22-17-4-2-1-3-5-17)21-11-10-16-6-8-18(9-7-16)29(26,27)23-12-14-28-15-13-23/h1-9H,10-15H2,(H,21,24)(H,22,25). The predicted octanol–water partition coefficient (Wildman–Crippen LogP) is 1.00. The SMILES string of the molecule is O=C(NCCc1ccc(S(=O)(=O)N2CCOCC2)cc1)C(=O)Nc1ccccc1. The number of anilines is 1. The van der Waals surface area contributed by atoms with Crippen molar-refractivity contribution in [2.75, 3.05) is 38.2 Å². The maximum atomic E-state index is 12.6. The Bertz CT molecular complexity index is 940. The molecule has 0 unspecified atom stereocenters. The first kappa shape index (κ1) is 21.0. The van der Waals surface area contributed by atoms with Crippen LogP contribution >= 0.6 is 0 Å². The van der Waals surface area contributed by atoms with Gasteiger partial charge in [0.05, 0.1) is 18.1 Å². The van der Waals surface area contributed by atoms with Crippen molar-refractivity contribution in [2.24, 2.45) is 0 Å². The predicted molar refractivity (Wildman–Crippen MR) is 108 cm³/mol. The van der Waals surface area contributed by atoms with Gasteiger partial charge in [0.15, 0.2) is 0 Å². The lowest BCUT2D eigenvalue weighted by Gasteiger charge is -2.26. The molecule has 0 spiro atoms. The minimum absolute atomic E-state index is 0.231. The summed E-state index contributed by atoms with van der Waals surface area (Å²) in [6.07, 6.45) is 0.474. The van der Waals surface area contributed by atoms with Crippen LogP contribution in [0.15, 0.2) is 59.5 Å². The first-order chi connectivity index (χ1) is 14.0. The second-order valence-electron chi connectivity index (χ2n) is 6.49. The van der Waals surface area contributed by atoms with E-state index in [0.29, 0.717) is 38.4 Å². The van der Waals surface area contributed by atoms with Gasteiger partial charge < -0.3 is 15.4 Å². The summed E-state index contributed by atoms with van der Waals surface area (Å²) in [5.41, 5.74) is 1.40. The van der Waals surface area contributed by atoms with E-state index in [1.807, 2.05) is 6.07 Å². The minimum Gasteiger partial charge on any atom is -0.379 e. The molecule has 2 aromatic rings. The Labute approximate surface area is 169 Å². The fraction of sp³-hybridized carbons (Fsp3) is 0.300. The quantitative estimate of drug-likeness (QED) is 0.683. The number of benzene rings is 2. The second-order valence-corrected chi connectivity index (χ2v) is 8.42. The average molecular weight is 417 g/mol. The van der Waals surface area contributed by atoms with Gasteiger partial charge in [0.25, 0.3) is 0 Å². The Morgan fingerprint density at radius 2 is 1.59 bits per heavy atom. The molecule has 1 fully saturated rings. The van der Waals surface area contributed by atoms with Crippen molar-refractivity contribution in [1.29, 1.82) is 0 Å². The summed E-state index contributed by atoms with van der Waals surface area (Å²) in [6, 6.07) is 15.3. The number of amides is 2. The molecule has 0 aliphatic carbocycles. The van der Waals surface area contributed by atoms with Gasteiger partial charge in [-0.05, 0) is 36.2 Å². The Balaban J connectivity index is 1.48. The molecular formula is C20H23N3O5S. The minimum atomic E-state index is -3.52. The van der Waals surface area contributed by atoms with E-state index in [2.05, 4.69) is 10.6 Å². The van der Waals surface area contributed by atoms with Crippen molar-refractivity contribution in [3.8, 4) is 0 Å². The van der Waals surface area contributed by atoms with Crippen LogP contribution in [0.3, 0.4) is 0 Å². The van der Waals surface area contributed by atoms with Crippen LogP contribution in [0.4, 0.5) is 5.69 Å². The van der Waals surface area contributed by atoms with E-state index in [1.165, 1.54) is 4.31 Å². The Kier molecular flexibility index (Phi) is 6.97. The number of morpholine rings is 1. The zero-order valence-electron chi connectivity index (χ0n) is 15.8. The molecule has 2 amide bonds. The van der Waals surface area contributed by atoms with Crippen LogP contribution in [0.2, 0.25) is 0 Å². The molecule has 154 valence electrons. The van der Waals surface area contributed by atoms with Crippen molar-refractivity contribution < 1.29 is 22.7 Å². The Morgan fingerprint density at radius 1 is 0.931 bits per heavy atom. The van der Waals surface area contributed by atoms with Crippen molar-refractivity contribution in [3.63, 3.8) is 0 Å². The number of carbonyl (C=O) groups is 2. The summed E-state index contributed by atoms with van der Waals surface area (Å²) >= 11 is 0. The van der Waals surface area contributed by atoms with Crippen LogP contribution in [-0.2, 0) is 30.8 Å². The van der Waals surface area contributed by atoms with Crippen molar-refractivity contribution >= 4 is 27.5 Å². The first-order valence-corrected chi connectivity index (χ1v) is 10.7. The van der Waals surface area contributed by atoms with E-state index < -0.39 is 21.8 Å². The molecule has 0 bridgehead atoms. The van der Waals surface area contributed by atoms with Crippen LogP contribution in [0, 0.1) is 0 Å². The molecule has 0 atom stereocenters. The van der Waals surface area contributed by atoms with Crippen molar-refractivity contribution in [1.82, 2.24) is 9.62 Å². The average Bonchev–Trinajstić information content (AvgIpc) is 2.75. The molecule has 0 saturated carbocycles. The number of carbonyl (C=O) groups excluding carboxylic acids is 2. The molecule has 3 rings (SSSR count). The van der Waals surface area contributed by atoms with Gasteiger partial charge in [0.2, 0.25) is 10.0 Å². The highest BCUT2D eigenvalue weighted by atomic mass is 32.2. The number of ether oxygens (including phenoxy) is 1. The van der Waals surface area contributed by atoms with Gasteiger partial charge in [-0.25, -0.2) is 8.42 Å². The number of nitrogens with zero attached hydrogens (tertiary/aromatic N) is 1. The third kappa shape index (κ3) is 5.63. The summed E-state index contributed by atoms with van der Waals surface area (Å²) < 4.78 is 31.8. The Morgan fingerprint density at radius 3 is 2.24 bits per heavy atom. The molecule has 9 heteroatoms. The number of sulfonamides is 1. The van der Waals surface area contributed by atoms with Gasteiger partial charge in [-0.2, -0.15) is 4.31 Å². The smallest absolute Gasteiger partial charge is 0.313 e. The molecule has 2 aromatic carbocycles. The van der Waals surface area contributed by atoms with Crippen LogP contribution in [0.1, 0.15) is 5.56 Å². The third-order valence-corrected chi connectivity index (χ3v) is 6.38. The molecule has 29 heavy (non-hydrogen) atoms. The zero-order chi connectivity index (χ0) is 20.7. The summed E-state index contributed by atoms with van der Waals surface area (Å²) in [7, 11) is -3.52. The number of para-hydroxylation sites is 1. The van der Waals surface area contributed by atoms with Crippen LogP contribution in [0.5, 0.6) is 0 Å². The van der Waals surface area contributed by atoms with Gasteiger partial charge in [-0.3, -0.25) is 9.59 Å². The fourth-order valence-electron chi connectivity index (χ4n) is 2.87. The third-order valence-electron chi connectivity index (χ3n) is 4.47. The fourth-order valence-corrected chi connectivity index (χ4v) is 4.28. The summed E-state index contributed by atoms with van der Waals surface area (Å²) in [5.74, 6) is -1.46. The number of hydrogen-bond acceptors (Lipinski definition) is 5. The van der Waals surface area contributed by atoms with E-state index in [1.54, 1.807) is 48.5 Å². The van der Waals surface area contributed by atoms with Gasteiger partial charge in [0, 0.05) is 25.3 Å². The van der Waals surface area contributed by atoms with E-state index in [9.17, 15) is 18.0 Å². The normalized spacial score (nSPS) is 14.9. The lowest BCUT2D eigenvalue weighted by Crippen LogP contribution is -2.40. The van der Waals surface area contributed by atoms with Crippen LogP contribution in [0.25, 0.3) is 0 Å². The lowest BCUT2D eigenvalue weighted by atomic mass is 10.1. The number of nitrogens with one attached hydrogen (secondary N) is 2. The molecule has 2 N–H and O–H groups in total. The van der Waals surface area contributed by atoms with Gasteiger partial charge >= 0.3 is 11.8 Å². The van der Waals surface area contributed by atoms with Gasteiger partial charge in [-0.1, -0.05) is 30.3 Å². The van der Waals surface area contributed by atoms with Crippen LogP contribution < -0.4 is 10.6 Å². The molecule has 1 saturated heterocycles. The lowest BCUT2D eigenvalue weighted by molar-refractivity contribution is -0.136. The first-order valence-electron chi connectivity index (χ1n) is 9.28. The zero-order valence-corrected chi connectivity index (χ0v) is 16.7. The van der Waals surface area contributed by atoms with Crippen LogP contribution in [-0.4, -0.2) is 57.4 Å². The van der Waals surface area contributed by atoms with Crippen molar-refractivity contribution in [3.05, 3.63) is 60.2 Å². The summed E-state index contributed by atoms with van der Waals surface area (Å²) in [4.78, 5) is 24.0. The topological polar surface area (TPSA) is 105 Å². The maximum Gasteiger partial charge on any atom is 0.313 e. The molecule has 1 aliphatic rings. The molecule has 0 radical (unpaired) electrons. The van der Waals surface area contributed by atoms with Gasteiger partial charge in [-0.15, -0.1) is 0 Å². The number of rotatable bonds is 6. The summed E-state index contributed by atoms with van der Waals surface area (Å²) in [6.45, 7) is 1.75. The van der Waals surface area contributed by atoms with Gasteiger partial charge in [0.1, 0.15) is 0 Å². The number of hydrogen-bond donors (Lipinski definition) is 2. The van der Waals surface area contributed by atoms with E-state index in [4.69, 9.17) is 4.74 Å². The van der Waals surface area contributed by atoms with Crippen molar-refractivity contribution in [2.45, 2.75) is 11.3 Å².